The zero-order valence-electron chi connectivity index (χ0n) is 12.2. The van der Waals surface area contributed by atoms with Crippen LogP contribution in [0.3, 0.4) is 0 Å². The first-order valence-corrected chi connectivity index (χ1v) is 8.14. The van der Waals surface area contributed by atoms with Crippen LogP contribution < -0.4 is 10.6 Å². The Bertz CT molecular complexity index is 481. The summed E-state index contributed by atoms with van der Waals surface area (Å²) in [5.74, 6) is 0.261. The number of carbonyl (C=O) groups is 1. The standard InChI is InChI=1S/C15H23N3OS/c1-11(14-18-12(2)10-20-14)9-17-15(19)16-8-7-13-5-3-4-6-13/h5,10-11H,3-4,6-9H2,1-2H3,(H2,16,17,19). The molecule has 5 heteroatoms. The maximum atomic E-state index is 11.7. The Balaban J connectivity index is 1.62. The van der Waals surface area contributed by atoms with Crippen molar-refractivity contribution in [1.82, 2.24) is 15.6 Å². The molecule has 4 nitrogen and oxygen atoms in total. The van der Waals surface area contributed by atoms with Crippen LogP contribution in [0.2, 0.25) is 0 Å². The van der Waals surface area contributed by atoms with Crippen LogP contribution in [-0.2, 0) is 0 Å². The van der Waals surface area contributed by atoms with E-state index in [0.717, 1.165) is 23.7 Å². The van der Waals surface area contributed by atoms with Crippen LogP contribution in [0.1, 0.15) is 49.2 Å². The number of allylic oxidation sites excluding steroid dienone is 1. The van der Waals surface area contributed by atoms with Crippen LogP contribution in [0, 0.1) is 6.92 Å². The van der Waals surface area contributed by atoms with Gasteiger partial charge in [-0.2, -0.15) is 0 Å². The zero-order valence-corrected chi connectivity index (χ0v) is 13.1. The predicted octanol–water partition coefficient (Wildman–Crippen LogP) is 3.35. The van der Waals surface area contributed by atoms with Crippen LogP contribution in [0.5, 0.6) is 0 Å². The highest BCUT2D eigenvalue weighted by Gasteiger charge is 2.11. The Hall–Kier alpha value is -1.36. The van der Waals surface area contributed by atoms with Crippen molar-refractivity contribution >= 4 is 17.4 Å². The van der Waals surface area contributed by atoms with Gasteiger partial charge in [0.05, 0.1) is 5.01 Å². The number of hydrogen-bond donors (Lipinski definition) is 2. The smallest absolute Gasteiger partial charge is 0.314 e. The zero-order chi connectivity index (χ0) is 14.4. The van der Waals surface area contributed by atoms with Gasteiger partial charge in [-0.15, -0.1) is 11.3 Å². The van der Waals surface area contributed by atoms with Crippen LogP contribution in [-0.4, -0.2) is 24.1 Å². The molecule has 0 aliphatic heterocycles. The minimum absolute atomic E-state index is 0.0799. The summed E-state index contributed by atoms with van der Waals surface area (Å²) in [5, 5.41) is 8.95. The number of thiazole rings is 1. The molecule has 1 aromatic rings. The van der Waals surface area contributed by atoms with Crippen LogP contribution in [0.4, 0.5) is 4.79 Å². The van der Waals surface area contributed by atoms with E-state index < -0.39 is 0 Å². The summed E-state index contributed by atoms with van der Waals surface area (Å²) in [6.07, 6.45) is 6.95. The second-order valence-electron chi connectivity index (χ2n) is 5.37. The fraction of sp³-hybridized carbons (Fsp3) is 0.600. The van der Waals surface area contributed by atoms with E-state index in [1.807, 2.05) is 12.3 Å². The first-order chi connectivity index (χ1) is 9.65. The second-order valence-corrected chi connectivity index (χ2v) is 6.26. The SMILES string of the molecule is Cc1csc(C(C)CNC(=O)NCCC2=CCCC2)n1. The number of urea groups is 1. The minimum atomic E-state index is -0.0799. The molecule has 110 valence electrons. The normalized spacial score (nSPS) is 15.8. The molecule has 1 aromatic heterocycles. The van der Waals surface area contributed by atoms with Gasteiger partial charge in [-0.1, -0.05) is 18.6 Å². The molecule has 0 radical (unpaired) electrons. The molecule has 2 amide bonds. The predicted molar refractivity (Wildman–Crippen MR) is 83.2 cm³/mol. The van der Waals surface area contributed by atoms with Crippen molar-refractivity contribution in [2.24, 2.45) is 0 Å². The molecule has 1 atom stereocenters. The number of rotatable bonds is 6. The Morgan fingerprint density at radius 2 is 2.35 bits per heavy atom. The second kappa shape index (κ2) is 7.43. The van der Waals surface area contributed by atoms with Crippen molar-refractivity contribution in [3.8, 4) is 0 Å². The van der Waals surface area contributed by atoms with Gasteiger partial charge in [0, 0.05) is 30.1 Å². The van der Waals surface area contributed by atoms with Crippen molar-refractivity contribution in [1.29, 1.82) is 0 Å². The number of nitrogens with one attached hydrogen (secondary N) is 2. The highest BCUT2D eigenvalue weighted by Crippen LogP contribution is 2.20. The average Bonchev–Trinajstić information content (AvgIpc) is 3.07. The van der Waals surface area contributed by atoms with Crippen molar-refractivity contribution < 1.29 is 4.79 Å². The lowest BCUT2D eigenvalue weighted by Crippen LogP contribution is -2.37. The lowest BCUT2D eigenvalue weighted by molar-refractivity contribution is 0.240. The highest BCUT2D eigenvalue weighted by atomic mass is 32.1. The van der Waals surface area contributed by atoms with Gasteiger partial charge in [0.2, 0.25) is 0 Å². The summed E-state index contributed by atoms with van der Waals surface area (Å²) in [4.78, 5) is 16.1. The van der Waals surface area contributed by atoms with Crippen molar-refractivity contribution in [2.45, 2.75) is 45.4 Å². The third-order valence-corrected chi connectivity index (χ3v) is 4.69. The van der Waals surface area contributed by atoms with Crippen molar-refractivity contribution in [3.63, 3.8) is 0 Å². The van der Waals surface area contributed by atoms with Crippen molar-refractivity contribution in [3.05, 3.63) is 27.7 Å². The van der Waals surface area contributed by atoms with E-state index in [4.69, 9.17) is 0 Å². The molecule has 0 bridgehead atoms. The van der Waals surface area contributed by atoms with E-state index >= 15 is 0 Å². The summed E-state index contributed by atoms with van der Waals surface area (Å²) < 4.78 is 0. The van der Waals surface area contributed by atoms with E-state index in [-0.39, 0.29) is 11.9 Å². The molecule has 2 N–H and O–H groups in total. The van der Waals surface area contributed by atoms with Gasteiger partial charge in [-0.25, -0.2) is 9.78 Å². The molecule has 1 unspecified atom stereocenters. The molecule has 1 aliphatic rings. The van der Waals surface area contributed by atoms with E-state index in [2.05, 4.69) is 28.6 Å². The molecule has 0 aromatic carbocycles. The number of carbonyl (C=O) groups excluding carboxylic acids is 1. The molecule has 0 spiro atoms. The number of nitrogens with zero attached hydrogens (tertiary/aromatic N) is 1. The summed E-state index contributed by atoms with van der Waals surface area (Å²) >= 11 is 1.65. The first kappa shape index (κ1) is 15.0. The molecule has 20 heavy (non-hydrogen) atoms. The van der Waals surface area contributed by atoms with Gasteiger partial charge < -0.3 is 10.6 Å². The molecule has 0 saturated carbocycles. The van der Waals surface area contributed by atoms with Gasteiger partial charge in [0.1, 0.15) is 0 Å². The molecule has 2 rings (SSSR count). The Labute approximate surface area is 124 Å². The van der Waals surface area contributed by atoms with E-state index in [9.17, 15) is 4.79 Å². The summed E-state index contributed by atoms with van der Waals surface area (Å²) in [5.41, 5.74) is 2.53. The molecular formula is C15H23N3OS. The van der Waals surface area contributed by atoms with Gasteiger partial charge in [0.15, 0.2) is 0 Å². The third-order valence-electron chi connectivity index (χ3n) is 3.49. The molecule has 1 aliphatic carbocycles. The monoisotopic (exact) mass is 293 g/mol. The third kappa shape index (κ3) is 4.63. The lowest BCUT2D eigenvalue weighted by Gasteiger charge is -2.11. The number of amides is 2. The fourth-order valence-corrected chi connectivity index (χ4v) is 3.15. The van der Waals surface area contributed by atoms with Crippen LogP contribution >= 0.6 is 11.3 Å². The highest BCUT2D eigenvalue weighted by molar-refractivity contribution is 7.09. The quantitative estimate of drug-likeness (QED) is 0.790. The summed E-state index contributed by atoms with van der Waals surface area (Å²) in [6.45, 7) is 5.43. The molecule has 0 saturated heterocycles. The number of aryl methyl sites for hydroxylation is 1. The molecule has 1 heterocycles. The summed E-state index contributed by atoms with van der Waals surface area (Å²) in [6, 6.07) is -0.0799. The van der Waals surface area contributed by atoms with Gasteiger partial charge in [-0.3, -0.25) is 0 Å². The first-order valence-electron chi connectivity index (χ1n) is 7.27. The minimum Gasteiger partial charge on any atom is -0.338 e. The van der Waals surface area contributed by atoms with Crippen molar-refractivity contribution in [2.75, 3.05) is 13.1 Å². The summed E-state index contributed by atoms with van der Waals surface area (Å²) in [7, 11) is 0. The van der Waals surface area contributed by atoms with E-state index in [1.165, 1.54) is 24.8 Å². The number of hydrogen-bond acceptors (Lipinski definition) is 3. The van der Waals surface area contributed by atoms with Gasteiger partial charge >= 0.3 is 6.03 Å². The topological polar surface area (TPSA) is 54.0 Å². The number of aromatic nitrogens is 1. The molecular weight excluding hydrogens is 270 g/mol. The Morgan fingerprint density at radius 1 is 1.50 bits per heavy atom. The average molecular weight is 293 g/mol. The Morgan fingerprint density at radius 3 is 3.00 bits per heavy atom. The Kier molecular flexibility index (Phi) is 5.59. The van der Waals surface area contributed by atoms with E-state index in [0.29, 0.717) is 6.54 Å². The van der Waals surface area contributed by atoms with Gasteiger partial charge in [-0.05, 0) is 32.6 Å². The van der Waals surface area contributed by atoms with Crippen LogP contribution in [0.15, 0.2) is 17.0 Å². The largest absolute Gasteiger partial charge is 0.338 e. The lowest BCUT2D eigenvalue weighted by atomic mass is 10.2. The fourth-order valence-electron chi connectivity index (χ4n) is 2.30. The van der Waals surface area contributed by atoms with E-state index in [1.54, 1.807) is 11.3 Å². The maximum absolute atomic E-state index is 11.7. The maximum Gasteiger partial charge on any atom is 0.314 e. The van der Waals surface area contributed by atoms with Gasteiger partial charge in [0.25, 0.3) is 0 Å². The van der Waals surface area contributed by atoms with Crippen LogP contribution in [0.25, 0.3) is 0 Å². The molecule has 0 fully saturated rings.